The topological polar surface area (TPSA) is 86.8 Å². The number of carbonyl (C=O) groups is 2. The van der Waals surface area contributed by atoms with E-state index in [1.165, 1.54) is 4.90 Å². The number of methoxy groups -OCH3 is 3. The van der Waals surface area contributed by atoms with Crippen LogP contribution in [0.25, 0.3) is 0 Å². The molecule has 0 saturated carbocycles. The maximum Gasteiger partial charge on any atom is 0.413 e. The van der Waals surface area contributed by atoms with Crippen molar-refractivity contribution in [2.75, 3.05) is 32.8 Å². The Morgan fingerprint density at radius 3 is 2.30 bits per heavy atom. The fraction of sp³-hybridized carbons (Fsp3) is 0.417. The van der Waals surface area contributed by atoms with E-state index in [1.807, 2.05) is 42.5 Å². The molecule has 3 fully saturated rings. The first-order valence-corrected chi connectivity index (χ1v) is 10.8. The summed E-state index contributed by atoms with van der Waals surface area (Å²) >= 11 is 0. The SMILES string of the molecule is COC[C@H]1O[C@H]2[C@H](OC(=O)N2[C@@H]2C(=O)N(c3ccc(OC)cc3)[C@@H]2c2ccccc2)[C@H]1OC. The van der Waals surface area contributed by atoms with Crippen molar-refractivity contribution in [3.05, 3.63) is 60.2 Å². The third-order valence-electron chi connectivity index (χ3n) is 6.47. The Kier molecular flexibility index (Phi) is 5.69. The number of carbonyl (C=O) groups excluding carboxylic acids is 2. The fourth-order valence-corrected chi connectivity index (χ4v) is 4.95. The summed E-state index contributed by atoms with van der Waals surface area (Å²) in [4.78, 5) is 29.6. The summed E-state index contributed by atoms with van der Waals surface area (Å²) in [5, 5.41) is 0. The minimum atomic E-state index is -0.768. The maximum absolute atomic E-state index is 13.5. The van der Waals surface area contributed by atoms with Gasteiger partial charge in [0.25, 0.3) is 5.91 Å². The Morgan fingerprint density at radius 2 is 1.67 bits per heavy atom. The molecule has 5 rings (SSSR count). The lowest BCUT2D eigenvalue weighted by Crippen LogP contribution is -2.67. The Bertz CT molecular complexity index is 1020. The molecule has 33 heavy (non-hydrogen) atoms. The zero-order chi connectivity index (χ0) is 23.1. The maximum atomic E-state index is 13.5. The fourth-order valence-electron chi connectivity index (χ4n) is 4.95. The summed E-state index contributed by atoms with van der Waals surface area (Å²) in [7, 11) is 4.71. The second-order valence-corrected chi connectivity index (χ2v) is 8.18. The van der Waals surface area contributed by atoms with Gasteiger partial charge in [-0.25, -0.2) is 4.79 Å². The minimum absolute atomic E-state index is 0.209. The molecule has 0 spiro atoms. The predicted octanol–water partition coefficient (Wildman–Crippen LogP) is 2.36. The number of rotatable bonds is 7. The van der Waals surface area contributed by atoms with Gasteiger partial charge in [0.05, 0.1) is 19.8 Å². The number of hydrogen-bond donors (Lipinski definition) is 0. The largest absolute Gasteiger partial charge is 0.497 e. The first-order chi connectivity index (χ1) is 16.1. The van der Waals surface area contributed by atoms with Crippen LogP contribution in [0.5, 0.6) is 5.75 Å². The second-order valence-electron chi connectivity index (χ2n) is 8.18. The van der Waals surface area contributed by atoms with Crippen LogP contribution >= 0.6 is 0 Å². The molecule has 6 atom stereocenters. The van der Waals surface area contributed by atoms with Crippen molar-refractivity contribution < 1.29 is 33.3 Å². The zero-order valence-electron chi connectivity index (χ0n) is 18.6. The molecule has 3 aliphatic heterocycles. The van der Waals surface area contributed by atoms with Gasteiger partial charge in [-0.3, -0.25) is 9.69 Å². The summed E-state index contributed by atoms with van der Waals surface area (Å²) in [6.07, 6.45) is -2.85. The number of β-lactam (4-membered cyclic amide) rings is 1. The van der Waals surface area contributed by atoms with Crippen molar-refractivity contribution in [2.45, 2.75) is 36.6 Å². The monoisotopic (exact) mass is 454 g/mol. The molecular formula is C24H26N2O7. The van der Waals surface area contributed by atoms with Crippen LogP contribution in [0.4, 0.5) is 10.5 Å². The van der Waals surface area contributed by atoms with Gasteiger partial charge in [-0.15, -0.1) is 0 Å². The Hall–Kier alpha value is -3.14. The van der Waals surface area contributed by atoms with E-state index in [4.69, 9.17) is 23.7 Å². The van der Waals surface area contributed by atoms with E-state index < -0.39 is 42.7 Å². The van der Waals surface area contributed by atoms with Crippen LogP contribution in [0.3, 0.4) is 0 Å². The smallest absolute Gasteiger partial charge is 0.413 e. The molecule has 0 aliphatic carbocycles. The van der Waals surface area contributed by atoms with E-state index in [1.54, 1.807) is 38.4 Å². The Morgan fingerprint density at radius 1 is 0.939 bits per heavy atom. The highest BCUT2D eigenvalue weighted by Gasteiger charge is 2.64. The van der Waals surface area contributed by atoms with Gasteiger partial charge >= 0.3 is 6.09 Å². The van der Waals surface area contributed by atoms with Crippen LogP contribution in [0.2, 0.25) is 0 Å². The third kappa shape index (κ3) is 3.43. The van der Waals surface area contributed by atoms with Crippen LogP contribution < -0.4 is 9.64 Å². The number of nitrogens with zero attached hydrogens (tertiary/aromatic N) is 2. The van der Waals surface area contributed by atoms with Crippen molar-refractivity contribution in [1.29, 1.82) is 0 Å². The molecule has 0 unspecified atom stereocenters. The number of benzene rings is 2. The number of amides is 2. The number of anilines is 1. The minimum Gasteiger partial charge on any atom is -0.497 e. The Labute approximate surface area is 191 Å². The van der Waals surface area contributed by atoms with Gasteiger partial charge in [-0.05, 0) is 29.8 Å². The number of ether oxygens (including phenoxy) is 5. The normalized spacial score (nSPS) is 30.8. The average molecular weight is 454 g/mol. The highest BCUT2D eigenvalue weighted by Crippen LogP contribution is 2.46. The van der Waals surface area contributed by atoms with Gasteiger partial charge in [0.1, 0.15) is 24.0 Å². The van der Waals surface area contributed by atoms with Crippen LogP contribution in [0.1, 0.15) is 11.6 Å². The summed E-state index contributed by atoms with van der Waals surface area (Å²) in [5.74, 6) is 0.485. The standard InChI is InChI=1S/C24H26N2O7/c1-29-13-17-20(31-3)21-23(32-17)26(24(28)33-21)19-18(14-7-5-4-6-8-14)25(22(19)27)15-9-11-16(30-2)12-10-15/h4-12,17-21,23H,13H2,1-3H3/t17-,18-,19+,20+,21-,23+/m1/s1. The molecule has 9 heteroatoms. The summed E-state index contributed by atoms with van der Waals surface area (Å²) in [6, 6.07) is 15.7. The molecule has 9 nitrogen and oxygen atoms in total. The lowest BCUT2D eigenvalue weighted by Gasteiger charge is -2.50. The van der Waals surface area contributed by atoms with E-state index in [9.17, 15) is 9.59 Å². The molecule has 0 radical (unpaired) electrons. The van der Waals surface area contributed by atoms with Gasteiger partial charge in [-0.2, -0.15) is 0 Å². The van der Waals surface area contributed by atoms with Crippen LogP contribution in [-0.2, 0) is 23.7 Å². The molecule has 3 heterocycles. The van der Waals surface area contributed by atoms with Crippen molar-refractivity contribution in [3.63, 3.8) is 0 Å². The van der Waals surface area contributed by atoms with Crippen LogP contribution in [0.15, 0.2) is 54.6 Å². The molecule has 2 aromatic rings. The molecule has 0 N–H and O–H groups in total. The summed E-state index contributed by atoms with van der Waals surface area (Å²) < 4.78 is 27.8. The molecular weight excluding hydrogens is 428 g/mol. The van der Waals surface area contributed by atoms with Crippen LogP contribution in [-0.4, -0.2) is 75.4 Å². The van der Waals surface area contributed by atoms with E-state index >= 15 is 0 Å². The molecule has 174 valence electrons. The van der Waals surface area contributed by atoms with E-state index in [2.05, 4.69) is 0 Å². The first-order valence-electron chi connectivity index (χ1n) is 10.8. The highest BCUT2D eigenvalue weighted by atomic mass is 16.7. The van der Waals surface area contributed by atoms with E-state index in [-0.39, 0.29) is 12.5 Å². The summed E-state index contributed by atoms with van der Waals surface area (Å²) in [5.41, 5.74) is 1.62. The molecule has 2 amide bonds. The molecule has 0 bridgehead atoms. The Balaban J connectivity index is 1.49. The average Bonchev–Trinajstić information content (AvgIpc) is 3.32. The van der Waals surface area contributed by atoms with Crippen molar-refractivity contribution in [3.8, 4) is 5.75 Å². The highest BCUT2D eigenvalue weighted by molar-refractivity contribution is 6.07. The molecule has 0 aromatic heterocycles. The molecule has 2 aromatic carbocycles. The quantitative estimate of drug-likeness (QED) is 0.594. The van der Waals surface area contributed by atoms with Gasteiger partial charge < -0.3 is 28.6 Å². The molecule has 3 aliphatic rings. The summed E-state index contributed by atoms with van der Waals surface area (Å²) in [6.45, 7) is 0.287. The third-order valence-corrected chi connectivity index (χ3v) is 6.47. The van der Waals surface area contributed by atoms with Crippen molar-refractivity contribution >= 4 is 17.7 Å². The lowest BCUT2D eigenvalue weighted by atomic mass is 9.86. The lowest BCUT2D eigenvalue weighted by molar-refractivity contribution is -0.138. The van der Waals surface area contributed by atoms with Gasteiger partial charge in [-0.1, -0.05) is 30.3 Å². The molecule has 3 saturated heterocycles. The predicted molar refractivity (Wildman–Crippen MR) is 117 cm³/mol. The van der Waals surface area contributed by atoms with E-state index in [0.29, 0.717) is 5.75 Å². The van der Waals surface area contributed by atoms with Gasteiger partial charge in [0.2, 0.25) is 0 Å². The van der Waals surface area contributed by atoms with Gasteiger partial charge in [0, 0.05) is 19.9 Å². The number of hydrogen-bond acceptors (Lipinski definition) is 7. The van der Waals surface area contributed by atoms with Crippen molar-refractivity contribution in [2.24, 2.45) is 0 Å². The second kappa shape index (κ2) is 8.66. The van der Waals surface area contributed by atoms with E-state index in [0.717, 1.165) is 11.3 Å². The van der Waals surface area contributed by atoms with Crippen molar-refractivity contribution in [1.82, 2.24) is 4.90 Å². The zero-order valence-corrected chi connectivity index (χ0v) is 18.6. The first kappa shape index (κ1) is 21.7. The van der Waals surface area contributed by atoms with Crippen LogP contribution in [0, 0.1) is 0 Å². The van der Waals surface area contributed by atoms with Gasteiger partial charge in [0.15, 0.2) is 12.3 Å². The number of fused-ring (bicyclic) bond motifs is 1.